The standard InChI is InChI=1S/C23H24FN3O3S2/c24-16-8-2-3-9-17(16)27-22(29)20-15-7-1-4-10-18(15)32-21(20)26-23(27)31-13-19(28)25-12-14-6-5-11-30-14/h2-3,8-9,14H,1,4-7,10-13H2,(H,25,28). The molecule has 168 valence electrons. The van der Waals surface area contributed by atoms with Crippen LogP contribution in [0.2, 0.25) is 0 Å². The molecule has 1 aliphatic heterocycles. The first kappa shape index (κ1) is 21.6. The van der Waals surface area contributed by atoms with E-state index in [0.29, 0.717) is 21.9 Å². The summed E-state index contributed by atoms with van der Waals surface area (Å²) in [7, 11) is 0. The van der Waals surface area contributed by atoms with Crippen molar-refractivity contribution in [1.82, 2.24) is 14.9 Å². The Morgan fingerprint density at radius 2 is 2.12 bits per heavy atom. The number of carbonyl (C=O) groups excluding carboxylic acids is 1. The molecule has 0 saturated carbocycles. The topological polar surface area (TPSA) is 73.2 Å². The van der Waals surface area contributed by atoms with Crippen molar-refractivity contribution in [2.75, 3.05) is 18.9 Å². The lowest BCUT2D eigenvalue weighted by Gasteiger charge is -2.14. The molecule has 0 spiro atoms. The number of thioether (sulfide) groups is 1. The molecule has 6 nitrogen and oxygen atoms in total. The van der Waals surface area contributed by atoms with Crippen molar-refractivity contribution in [3.63, 3.8) is 0 Å². The lowest BCUT2D eigenvalue weighted by Crippen LogP contribution is -2.33. The van der Waals surface area contributed by atoms with Crippen LogP contribution in [0, 0.1) is 5.82 Å². The van der Waals surface area contributed by atoms with E-state index in [1.807, 2.05) is 0 Å². The van der Waals surface area contributed by atoms with Gasteiger partial charge in [-0.05, 0) is 56.2 Å². The number of rotatable bonds is 6. The fourth-order valence-electron chi connectivity index (χ4n) is 4.34. The number of thiophene rings is 1. The Morgan fingerprint density at radius 3 is 2.94 bits per heavy atom. The van der Waals surface area contributed by atoms with E-state index in [0.717, 1.165) is 62.5 Å². The molecular formula is C23H24FN3O3S2. The van der Waals surface area contributed by atoms with Crippen LogP contribution >= 0.6 is 23.1 Å². The van der Waals surface area contributed by atoms with E-state index in [4.69, 9.17) is 9.72 Å². The minimum atomic E-state index is -0.496. The molecule has 2 aliphatic rings. The molecule has 2 aromatic heterocycles. The van der Waals surface area contributed by atoms with Crippen LogP contribution in [0.15, 0.2) is 34.2 Å². The molecule has 9 heteroatoms. The average Bonchev–Trinajstić information content (AvgIpc) is 3.44. The van der Waals surface area contributed by atoms with Crippen molar-refractivity contribution < 1.29 is 13.9 Å². The largest absolute Gasteiger partial charge is 0.376 e. The lowest BCUT2D eigenvalue weighted by molar-refractivity contribution is -0.119. The monoisotopic (exact) mass is 473 g/mol. The summed E-state index contributed by atoms with van der Waals surface area (Å²) in [6.45, 7) is 1.21. The van der Waals surface area contributed by atoms with Crippen molar-refractivity contribution in [3.05, 3.63) is 50.9 Å². The van der Waals surface area contributed by atoms with Crippen molar-refractivity contribution in [2.45, 2.75) is 49.8 Å². The number of hydrogen-bond donors (Lipinski definition) is 1. The van der Waals surface area contributed by atoms with Crippen LogP contribution in [0.3, 0.4) is 0 Å². The molecule has 1 saturated heterocycles. The molecule has 1 fully saturated rings. The van der Waals surface area contributed by atoms with Gasteiger partial charge in [0.15, 0.2) is 5.16 Å². The summed E-state index contributed by atoms with van der Waals surface area (Å²) >= 11 is 2.70. The van der Waals surface area contributed by atoms with Gasteiger partial charge in [0.25, 0.3) is 5.56 Å². The average molecular weight is 474 g/mol. The van der Waals surface area contributed by atoms with Gasteiger partial charge in [0.2, 0.25) is 5.91 Å². The van der Waals surface area contributed by atoms with Gasteiger partial charge in [-0.2, -0.15) is 0 Å². The number of aromatic nitrogens is 2. The molecule has 3 aromatic rings. The number of halogens is 1. The maximum absolute atomic E-state index is 14.7. The van der Waals surface area contributed by atoms with E-state index in [-0.39, 0.29) is 29.0 Å². The summed E-state index contributed by atoms with van der Waals surface area (Å²) in [6, 6.07) is 6.19. The molecular weight excluding hydrogens is 449 g/mol. The maximum atomic E-state index is 14.7. The van der Waals surface area contributed by atoms with E-state index in [2.05, 4.69) is 5.32 Å². The van der Waals surface area contributed by atoms with Crippen molar-refractivity contribution in [3.8, 4) is 5.69 Å². The van der Waals surface area contributed by atoms with Crippen LogP contribution in [-0.2, 0) is 22.4 Å². The fourth-order valence-corrected chi connectivity index (χ4v) is 6.48. The SMILES string of the molecule is O=C(CSc1nc2sc3c(c2c(=O)n1-c1ccccc1F)CCCC3)NCC1CCCO1. The third-order valence-corrected chi connectivity index (χ3v) is 8.06. The van der Waals surface area contributed by atoms with Gasteiger partial charge in [-0.1, -0.05) is 23.9 Å². The van der Waals surface area contributed by atoms with E-state index in [1.165, 1.54) is 15.5 Å². The Bertz CT molecular complexity index is 1220. The van der Waals surface area contributed by atoms with Gasteiger partial charge < -0.3 is 10.1 Å². The first-order valence-corrected chi connectivity index (χ1v) is 12.8. The molecule has 0 bridgehead atoms. The molecule has 1 atom stereocenters. The van der Waals surface area contributed by atoms with E-state index in [1.54, 1.807) is 29.5 Å². The van der Waals surface area contributed by atoms with Crippen LogP contribution in [0.1, 0.15) is 36.1 Å². The zero-order valence-corrected chi connectivity index (χ0v) is 19.2. The minimum absolute atomic E-state index is 0.0625. The summed E-state index contributed by atoms with van der Waals surface area (Å²) in [5.74, 6) is -0.570. The maximum Gasteiger partial charge on any atom is 0.267 e. The molecule has 1 N–H and O–H groups in total. The molecule has 0 radical (unpaired) electrons. The van der Waals surface area contributed by atoms with Crippen molar-refractivity contribution in [2.24, 2.45) is 0 Å². The normalized spacial score (nSPS) is 18.1. The quantitative estimate of drug-likeness (QED) is 0.435. The number of benzene rings is 1. The van der Waals surface area contributed by atoms with E-state index in [9.17, 15) is 14.0 Å². The number of nitrogens with one attached hydrogen (secondary N) is 1. The number of nitrogens with zero attached hydrogens (tertiary/aromatic N) is 2. The lowest BCUT2D eigenvalue weighted by atomic mass is 9.97. The third-order valence-electron chi connectivity index (χ3n) is 5.93. The third kappa shape index (κ3) is 4.21. The first-order valence-electron chi connectivity index (χ1n) is 10.9. The number of hydrogen-bond acceptors (Lipinski definition) is 6. The van der Waals surface area contributed by atoms with Crippen LogP contribution < -0.4 is 10.9 Å². The van der Waals surface area contributed by atoms with Crippen LogP contribution in [-0.4, -0.2) is 40.5 Å². The molecule has 1 amide bonds. The number of ether oxygens (including phenoxy) is 1. The number of carbonyl (C=O) groups is 1. The van der Waals surface area contributed by atoms with Crippen molar-refractivity contribution in [1.29, 1.82) is 0 Å². The van der Waals surface area contributed by atoms with Gasteiger partial charge >= 0.3 is 0 Å². The second-order valence-corrected chi connectivity index (χ2v) is 10.1. The summed E-state index contributed by atoms with van der Waals surface area (Å²) < 4.78 is 21.6. The second-order valence-electron chi connectivity index (χ2n) is 8.11. The smallest absolute Gasteiger partial charge is 0.267 e. The van der Waals surface area contributed by atoms with E-state index >= 15 is 0 Å². The highest BCUT2D eigenvalue weighted by molar-refractivity contribution is 7.99. The second kappa shape index (κ2) is 9.33. The highest BCUT2D eigenvalue weighted by atomic mass is 32.2. The predicted octanol–water partition coefficient (Wildman–Crippen LogP) is 3.85. The minimum Gasteiger partial charge on any atom is -0.376 e. The number of para-hydroxylation sites is 1. The van der Waals surface area contributed by atoms with E-state index < -0.39 is 5.82 Å². The highest BCUT2D eigenvalue weighted by Gasteiger charge is 2.24. The Balaban J connectivity index is 1.49. The van der Waals surface area contributed by atoms with Gasteiger partial charge in [-0.15, -0.1) is 11.3 Å². The van der Waals surface area contributed by atoms with Gasteiger partial charge in [-0.3, -0.25) is 14.2 Å². The Morgan fingerprint density at radius 1 is 1.28 bits per heavy atom. The van der Waals surface area contributed by atoms with Gasteiger partial charge in [0.05, 0.1) is 22.9 Å². The van der Waals surface area contributed by atoms with Crippen LogP contribution in [0.25, 0.3) is 15.9 Å². The zero-order valence-electron chi connectivity index (χ0n) is 17.6. The van der Waals surface area contributed by atoms with Crippen LogP contribution in [0.5, 0.6) is 0 Å². The number of amides is 1. The molecule has 1 unspecified atom stereocenters. The van der Waals surface area contributed by atoms with Gasteiger partial charge in [0, 0.05) is 18.0 Å². The number of fused-ring (bicyclic) bond motifs is 3. The first-order chi connectivity index (χ1) is 15.6. The molecule has 5 rings (SSSR count). The molecule has 32 heavy (non-hydrogen) atoms. The predicted molar refractivity (Wildman–Crippen MR) is 125 cm³/mol. The Kier molecular flexibility index (Phi) is 6.30. The number of aryl methyl sites for hydroxylation is 2. The molecule has 1 aliphatic carbocycles. The summed E-state index contributed by atoms with van der Waals surface area (Å²) in [6.07, 6.45) is 5.96. The Labute approximate surface area is 193 Å². The summed E-state index contributed by atoms with van der Waals surface area (Å²) in [5.41, 5.74) is 0.955. The molecule has 1 aromatic carbocycles. The van der Waals surface area contributed by atoms with Crippen molar-refractivity contribution >= 4 is 39.2 Å². The van der Waals surface area contributed by atoms with Crippen LogP contribution in [0.4, 0.5) is 4.39 Å². The zero-order chi connectivity index (χ0) is 22.1. The molecule has 3 heterocycles. The highest BCUT2D eigenvalue weighted by Crippen LogP contribution is 2.35. The summed E-state index contributed by atoms with van der Waals surface area (Å²) in [4.78, 5) is 32.7. The van der Waals surface area contributed by atoms with Gasteiger partial charge in [-0.25, -0.2) is 9.37 Å². The summed E-state index contributed by atoms with van der Waals surface area (Å²) in [5, 5.41) is 3.81. The Hall–Kier alpha value is -2.23. The van der Waals surface area contributed by atoms with Gasteiger partial charge in [0.1, 0.15) is 10.6 Å². The fraction of sp³-hybridized carbons (Fsp3) is 0.435.